The van der Waals surface area contributed by atoms with Gasteiger partial charge in [-0.3, -0.25) is 0 Å². The third-order valence-corrected chi connectivity index (χ3v) is 2.80. The van der Waals surface area contributed by atoms with Crippen LogP contribution in [0.5, 0.6) is 0 Å². The van der Waals surface area contributed by atoms with Gasteiger partial charge < -0.3 is 20.9 Å². The van der Waals surface area contributed by atoms with Gasteiger partial charge in [0, 0.05) is 18.3 Å². The van der Waals surface area contributed by atoms with E-state index in [1.54, 1.807) is 6.07 Å². The number of nitrogens with zero attached hydrogens (tertiary/aromatic N) is 4. The predicted molar refractivity (Wildman–Crippen MR) is 66.7 cm³/mol. The van der Waals surface area contributed by atoms with E-state index in [1.807, 2.05) is 11.8 Å². The van der Waals surface area contributed by atoms with Crippen molar-refractivity contribution in [3.63, 3.8) is 0 Å². The summed E-state index contributed by atoms with van der Waals surface area (Å²) in [6.07, 6.45) is 2.16. The van der Waals surface area contributed by atoms with Gasteiger partial charge in [0.05, 0.1) is 6.61 Å². The Labute approximate surface area is 105 Å². The second kappa shape index (κ2) is 5.18. The molecule has 0 atom stereocenters. The monoisotopic (exact) mass is 251 g/mol. The van der Waals surface area contributed by atoms with Crippen molar-refractivity contribution in [2.24, 2.45) is 10.9 Å². The molecule has 0 radical (unpaired) electrons. The average Bonchev–Trinajstić information content (AvgIpc) is 3.18. The highest BCUT2D eigenvalue weighted by Gasteiger charge is 2.30. The zero-order chi connectivity index (χ0) is 13.1. The van der Waals surface area contributed by atoms with Crippen molar-refractivity contribution in [3.8, 4) is 0 Å². The van der Waals surface area contributed by atoms with Crippen LogP contribution in [0.15, 0.2) is 11.2 Å². The van der Waals surface area contributed by atoms with Crippen LogP contribution in [0.1, 0.15) is 24.2 Å². The zero-order valence-electron chi connectivity index (χ0n) is 10.2. The summed E-state index contributed by atoms with van der Waals surface area (Å²) < 4.78 is 0. The number of aryl methyl sites for hydroxylation is 1. The van der Waals surface area contributed by atoms with Gasteiger partial charge in [0.2, 0.25) is 5.95 Å². The molecule has 1 fully saturated rings. The van der Waals surface area contributed by atoms with E-state index in [2.05, 4.69) is 15.1 Å². The van der Waals surface area contributed by atoms with Crippen LogP contribution in [0.3, 0.4) is 0 Å². The van der Waals surface area contributed by atoms with Crippen molar-refractivity contribution < 1.29 is 10.3 Å². The molecule has 7 nitrogen and oxygen atoms in total. The molecule has 2 rings (SSSR count). The molecule has 7 heteroatoms. The van der Waals surface area contributed by atoms with Gasteiger partial charge in [-0.15, -0.1) is 0 Å². The summed E-state index contributed by atoms with van der Waals surface area (Å²) in [5, 5.41) is 20.7. The molecule has 1 aromatic rings. The third-order valence-electron chi connectivity index (χ3n) is 2.80. The number of aliphatic hydroxyl groups excluding tert-OH is 1. The molecule has 0 aliphatic heterocycles. The number of hydrogen-bond acceptors (Lipinski definition) is 6. The number of anilines is 1. The maximum atomic E-state index is 9.08. The first kappa shape index (κ1) is 12.6. The maximum absolute atomic E-state index is 9.08. The van der Waals surface area contributed by atoms with Crippen molar-refractivity contribution >= 4 is 11.8 Å². The average molecular weight is 251 g/mol. The van der Waals surface area contributed by atoms with E-state index in [0.29, 0.717) is 24.2 Å². The van der Waals surface area contributed by atoms with Crippen molar-refractivity contribution in [2.75, 3.05) is 18.1 Å². The van der Waals surface area contributed by atoms with E-state index in [0.717, 1.165) is 18.5 Å². The summed E-state index contributed by atoms with van der Waals surface area (Å²) in [7, 11) is 0. The molecule has 98 valence electrons. The van der Waals surface area contributed by atoms with Gasteiger partial charge in [0.1, 0.15) is 5.69 Å². The Hall–Kier alpha value is -1.89. The van der Waals surface area contributed by atoms with Gasteiger partial charge >= 0.3 is 0 Å². The number of rotatable bonds is 5. The number of hydrogen-bond donors (Lipinski definition) is 3. The summed E-state index contributed by atoms with van der Waals surface area (Å²) in [5.74, 6) is 0.481. The van der Waals surface area contributed by atoms with Crippen LogP contribution in [0.4, 0.5) is 5.95 Å². The largest absolute Gasteiger partial charge is 0.409 e. The molecule has 1 saturated carbocycles. The Balaban J connectivity index is 2.33. The minimum absolute atomic E-state index is 0.0403. The lowest BCUT2D eigenvalue weighted by Crippen LogP contribution is -2.31. The van der Waals surface area contributed by atoms with Crippen molar-refractivity contribution in [1.29, 1.82) is 0 Å². The molecule has 1 aliphatic carbocycles. The Morgan fingerprint density at radius 1 is 1.56 bits per heavy atom. The summed E-state index contributed by atoms with van der Waals surface area (Å²) in [4.78, 5) is 10.6. The molecule has 0 saturated heterocycles. The van der Waals surface area contributed by atoms with Crippen LogP contribution in [0, 0.1) is 6.92 Å². The second-order valence-corrected chi connectivity index (χ2v) is 4.33. The zero-order valence-corrected chi connectivity index (χ0v) is 10.2. The van der Waals surface area contributed by atoms with Gasteiger partial charge in [-0.05, 0) is 25.8 Å². The SMILES string of the molecule is Cc1cc(/C(N)=N/O)nc(N(CCO)C2CC2)n1. The predicted octanol–water partition coefficient (Wildman–Crippen LogP) is -0.159. The topological polar surface area (TPSA) is 108 Å². The molecule has 0 amide bonds. The van der Waals surface area contributed by atoms with Gasteiger partial charge in [-0.25, -0.2) is 9.97 Å². The second-order valence-electron chi connectivity index (χ2n) is 4.33. The molecule has 1 aliphatic rings. The molecular weight excluding hydrogens is 234 g/mol. The number of aromatic nitrogens is 2. The van der Waals surface area contributed by atoms with Crippen LogP contribution < -0.4 is 10.6 Å². The highest BCUT2D eigenvalue weighted by Crippen LogP contribution is 2.29. The molecule has 0 aromatic carbocycles. The standard InChI is InChI=1S/C11H17N5O2/c1-7-6-9(10(12)15-18)14-11(13-7)16(4-5-17)8-2-3-8/h6,8,17-18H,2-5H2,1H3,(H2,12,15). The molecule has 4 N–H and O–H groups in total. The lowest BCUT2D eigenvalue weighted by molar-refractivity contribution is 0.300. The quantitative estimate of drug-likeness (QED) is 0.290. The highest BCUT2D eigenvalue weighted by atomic mass is 16.4. The summed E-state index contributed by atoms with van der Waals surface area (Å²) >= 11 is 0. The minimum atomic E-state index is -0.0403. The first-order valence-electron chi connectivity index (χ1n) is 5.86. The number of oxime groups is 1. The van der Waals surface area contributed by atoms with Crippen LogP contribution >= 0.6 is 0 Å². The molecule has 18 heavy (non-hydrogen) atoms. The number of nitrogens with two attached hydrogens (primary N) is 1. The Morgan fingerprint density at radius 3 is 2.83 bits per heavy atom. The van der Waals surface area contributed by atoms with E-state index in [9.17, 15) is 0 Å². The van der Waals surface area contributed by atoms with E-state index in [1.165, 1.54) is 0 Å². The fourth-order valence-electron chi connectivity index (χ4n) is 1.80. The third kappa shape index (κ3) is 2.67. The van der Waals surface area contributed by atoms with E-state index < -0.39 is 0 Å². The number of amidine groups is 1. The van der Waals surface area contributed by atoms with Crippen molar-refractivity contribution in [1.82, 2.24) is 9.97 Å². The normalized spacial score (nSPS) is 15.8. The smallest absolute Gasteiger partial charge is 0.226 e. The Kier molecular flexibility index (Phi) is 3.61. The Bertz CT molecular complexity index is 459. The van der Waals surface area contributed by atoms with Crippen molar-refractivity contribution in [2.45, 2.75) is 25.8 Å². The van der Waals surface area contributed by atoms with E-state index in [-0.39, 0.29) is 12.4 Å². The van der Waals surface area contributed by atoms with Crippen molar-refractivity contribution in [3.05, 3.63) is 17.5 Å². The van der Waals surface area contributed by atoms with E-state index >= 15 is 0 Å². The summed E-state index contributed by atoms with van der Waals surface area (Å²) in [6, 6.07) is 2.04. The minimum Gasteiger partial charge on any atom is -0.409 e. The highest BCUT2D eigenvalue weighted by molar-refractivity contribution is 5.95. The summed E-state index contributed by atoms with van der Waals surface area (Å²) in [6.45, 7) is 2.36. The molecule has 0 unspecified atom stereocenters. The lowest BCUT2D eigenvalue weighted by Gasteiger charge is -2.21. The number of aliphatic hydroxyl groups is 1. The van der Waals surface area contributed by atoms with E-state index in [4.69, 9.17) is 16.0 Å². The molecule has 1 aromatic heterocycles. The molecule has 0 bridgehead atoms. The fraction of sp³-hybridized carbons (Fsp3) is 0.545. The van der Waals surface area contributed by atoms with Gasteiger partial charge in [0.15, 0.2) is 5.84 Å². The lowest BCUT2D eigenvalue weighted by atomic mass is 10.3. The van der Waals surface area contributed by atoms with Crippen LogP contribution in [0.25, 0.3) is 0 Å². The van der Waals surface area contributed by atoms with Gasteiger partial charge in [-0.1, -0.05) is 5.16 Å². The first-order chi connectivity index (χ1) is 8.65. The van der Waals surface area contributed by atoms with Crippen LogP contribution in [-0.4, -0.2) is 45.3 Å². The summed E-state index contributed by atoms with van der Waals surface area (Å²) in [5.41, 5.74) is 6.67. The van der Waals surface area contributed by atoms with Crippen LogP contribution in [0.2, 0.25) is 0 Å². The van der Waals surface area contributed by atoms with Crippen LogP contribution in [-0.2, 0) is 0 Å². The first-order valence-corrected chi connectivity index (χ1v) is 5.86. The van der Waals surface area contributed by atoms with Gasteiger partial charge in [-0.2, -0.15) is 0 Å². The molecule has 1 heterocycles. The van der Waals surface area contributed by atoms with Gasteiger partial charge in [0.25, 0.3) is 0 Å². The fourth-order valence-corrected chi connectivity index (χ4v) is 1.80. The molecular formula is C11H17N5O2. The Morgan fingerprint density at radius 2 is 2.28 bits per heavy atom. The maximum Gasteiger partial charge on any atom is 0.226 e. The molecule has 0 spiro atoms.